The van der Waals surface area contributed by atoms with Crippen molar-refractivity contribution in [1.29, 1.82) is 0 Å². The van der Waals surface area contributed by atoms with E-state index in [1.165, 1.54) is 0 Å². The quantitative estimate of drug-likeness (QED) is 0.591. The van der Waals surface area contributed by atoms with E-state index in [4.69, 9.17) is 6.42 Å². The molecule has 1 aromatic heterocycles. The third kappa shape index (κ3) is 6.11. The van der Waals surface area contributed by atoms with Gasteiger partial charge in [-0.05, 0) is 34.7 Å². The maximum Gasteiger partial charge on any atom is 0.315 e. The standard InChI is InChI=1S/C14H21BrN4O/c1-4-13(11(2)3)18-14(20)16-7-5-6-8-19-10-12(15)9-17-19/h1,9-11,13H,5-8H2,2-3H3,(H2,16,18,20)/t13-/m1/s1. The van der Waals surface area contributed by atoms with E-state index in [0.717, 1.165) is 23.9 Å². The van der Waals surface area contributed by atoms with Crippen LogP contribution in [0.1, 0.15) is 26.7 Å². The van der Waals surface area contributed by atoms with Gasteiger partial charge in [-0.2, -0.15) is 5.10 Å². The zero-order valence-corrected chi connectivity index (χ0v) is 13.5. The topological polar surface area (TPSA) is 59.0 Å². The first kappa shape index (κ1) is 16.6. The molecule has 0 radical (unpaired) electrons. The predicted molar refractivity (Wildman–Crippen MR) is 83.2 cm³/mol. The number of terminal acetylenes is 1. The van der Waals surface area contributed by atoms with Crippen LogP contribution in [-0.2, 0) is 6.54 Å². The highest BCUT2D eigenvalue weighted by Crippen LogP contribution is 2.06. The molecule has 2 N–H and O–H groups in total. The molecule has 5 nitrogen and oxygen atoms in total. The van der Waals surface area contributed by atoms with Gasteiger partial charge in [0.25, 0.3) is 0 Å². The molecule has 1 atom stereocenters. The minimum atomic E-state index is -0.226. The lowest BCUT2D eigenvalue weighted by atomic mass is 10.1. The Kier molecular flexibility index (Phi) is 7.16. The van der Waals surface area contributed by atoms with E-state index in [-0.39, 0.29) is 18.0 Å². The second kappa shape index (κ2) is 8.64. The van der Waals surface area contributed by atoms with E-state index in [1.807, 2.05) is 24.7 Å². The first-order valence-electron chi connectivity index (χ1n) is 6.71. The molecule has 110 valence electrons. The minimum absolute atomic E-state index is 0.205. The number of carbonyl (C=O) groups excluding carboxylic acids is 1. The number of carbonyl (C=O) groups is 1. The van der Waals surface area contributed by atoms with Crippen molar-refractivity contribution >= 4 is 22.0 Å². The van der Waals surface area contributed by atoms with Crippen molar-refractivity contribution in [1.82, 2.24) is 20.4 Å². The summed E-state index contributed by atoms with van der Waals surface area (Å²) in [5, 5.41) is 9.74. The summed E-state index contributed by atoms with van der Waals surface area (Å²) in [5.41, 5.74) is 0. The predicted octanol–water partition coefficient (Wildman–Crippen LogP) is 2.38. The summed E-state index contributed by atoms with van der Waals surface area (Å²) in [7, 11) is 0. The second-order valence-electron chi connectivity index (χ2n) is 4.92. The molecule has 0 saturated heterocycles. The molecule has 6 heteroatoms. The number of aryl methyl sites for hydroxylation is 1. The number of nitrogens with one attached hydrogen (secondary N) is 2. The summed E-state index contributed by atoms with van der Waals surface area (Å²) >= 11 is 3.35. The van der Waals surface area contributed by atoms with Gasteiger partial charge in [0.2, 0.25) is 0 Å². The van der Waals surface area contributed by atoms with Crippen molar-refractivity contribution in [3.05, 3.63) is 16.9 Å². The van der Waals surface area contributed by atoms with E-state index in [1.54, 1.807) is 6.20 Å². The zero-order valence-electron chi connectivity index (χ0n) is 11.9. The molecule has 20 heavy (non-hydrogen) atoms. The molecule has 0 aromatic carbocycles. The fourth-order valence-electron chi connectivity index (χ4n) is 1.65. The number of rotatable bonds is 7. The molecule has 0 aliphatic heterocycles. The Labute approximate surface area is 128 Å². The number of aromatic nitrogens is 2. The summed E-state index contributed by atoms with van der Waals surface area (Å²) in [6, 6.07) is -0.431. The van der Waals surface area contributed by atoms with Gasteiger partial charge in [0.05, 0.1) is 16.7 Å². The first-order chi connectivity index (χ1) is 9.52. The van der Waals surface area contributed by atoms with Crippen LogP contribution in [0.5, 0.6) is 0 Å². The van der Waals surface area contributed by atoms with E-state index in [2.05, 4.69) is 37.6 Å². The summed E-state index contributed by atoms with van der Waals surface area (Å²) in [6.07, 6.45) is 10.9. The smallest absolute Gasteiger partial charge is 0.315 e. The third-order valence-corrected chi connectivity index (χ3v) is 3.24. The number of hydrogen-bond donors (Lipinski definition) is 2. The van der Waals surface area contributed by atoms with Gasteiger partial charge in [0.1, 0.15) is 0 Å². The normalized spacial score (nSPS) is 11.9. The van der Waals surface area contributed by atoms with E-state index >= 15 is 0 Å². The molecule has 0 aliphatic carbocycles. The summed E-state index contributed by atoms with van der Waals surface area (Å²) in [4.78, 5) is 11.6. The number of unbranched alkanes of at least 4 members (excludes halogenated alkanes) is 1. The van der Waals surface area contributed by atoms with Gasteiger partial charge in [0, 0.05) is 19.3 Å². The highest BCUT2D eigenvalue weighted by atomic mass is 79.9. The Morgan fingerprint density at radius 2 is 2.30 bits per heavy atom. The van der Waals surface area contributed by atoms with Gasteiger partial charge < -0.3 is 10.6 Å². The fraction of sp³-hybridized carbons (Fsp3) is 0.571. The van der Waals surface area contributed by atoms with Crippen LogP contribution in [0.15, 0.2) is 16.9 Å². The van der Waals surface area contributed by atoms with Crippen LogP contribution in [0, 0.1) is 18.3 Å². The Morgan fingerprint density at radius 3 is 2.85 bits per heavy atom. The second-order valence-corrected chi connectivity index (χ2v) is 5.83. The van der Waals surface area contributed by atoms with Crippen LogP contribution >= 0.6 is 15.9 Å². The maximum atomic E-state index is 11.6. The van der Waals surface area contributed by atoms with Crippen LogP contribution in [0.2, 0.25) is 0 Å². The highest BCUT2D eigenvalue weighted by molar-refractivity contribution is 9.10. The number of urea groups is 1. The Hall–Kier alpha value is -1.48. The van der Waals surface area contributed by atoms with Gasteiger partial charge in [-0.25, -0.2) is 4.79 Å². The Bertz CT molecular complexity index is 464. The average Bonchev–Trinajstić information content (AvgIpc) is 2.81. The molecule has 1 rings (SSSR count). The molecule has 0 spiro atoms. The Balaban J connectivity index is 2.12. The van der Waals surface area contributed by atoms with E-state index in [0.29, 0.717) is 6.54 Å². The van der Waals surface area contributed by atoms with Crippen molar-refractivity contribution in [3.63, 3.8) is 0 Å². The molecule has 0 unspecified atom stereocenters. The summed E-state index contributed by atoms with van der Waals surface area (Å²) in [5.74, 6) is 2.80. The fourth-order valence-corrected chi connectivity index (χ4v) is 1.98. The average molecular weight is 341 g/mol. The molecular weight excluding hydrogens is 320 g/mol. The van der Waals surface area contributed by atoms with E-state index < -0.39 is 0 Å². The van der Waals surface area contributed by atoms with Crippen molar-refractivity contribution in [2.24, 2.45) is 5.92 Å². The van der Waals surface area contributed by atoms with E-state index in [9.17, 15) is 4.79 Å². The first-order valence-corrected chi connectivity index (χ1v) is 7.50. The van der Waals surface area contributed by atoms with Crippen LogP contribution < -0.4 is 10.6 Å². The van der Waals surface area contributed by atoms with Crippen molar-refractivity contribution in [3.8, 4) is 12.3 Å². The van der Waals surface area contributed by atoms with Crippen molar-refractivity contribution in [2.45, 2.75) is 39.3 Å². The van der Waals surface area contributed by atoms with Gasteiger partial charge >= 0.3 is 6.03 Å². The highest BCUT2D eigenvalue weighted by Gasteiger charge is 2.12. The number of amides is 2. The number of halogens is 1. The lowest BCUT2D eigenvalue weighted by molar-refractivity contribution is 0.236. The minimum Gasteiger partial charge on any atom is -0.338 e. The van der Waals surface area contributed by atoms with Gasteiger partial charge in [-0.3, -0.25) is 4.68 Å². The molecule has 0 aliphatic rings. The summed E-state index contributed by atoms with van der Waals surface area (Å²) < 4.78 is 2.85. The molecule has 0 fully saturated rings. The SMILES string of the molecule is C#C[C@@H](NC(=O)NCCCCn1cc(Br)cn1)C(C)C. The monoisotopic (exact) mass is 340 g/mol. The van der Waals surface area contributed by atoms with Gasteiger partial charge in [-0.15, -0.1) is 6.42 Å². The zero-order chi connectivity index (χ0) is 15.0. The van der Waals surface area contributed by atoms with Crippen LogP contribution in [-0.4, -0.2) is 28.4 Å². The van der Waals surface area contributed by atoms with Gasteiger partial charge in [0.15, 0.2) is 0 Å². The molecule has 1 heterocycles. The summed E-state index contributed by atoms with van der Waals surface area (Å²) in [6.45, 7) is 5.43. The lowest BCUT2D eigenvalue weighted by Gasteiger charge is -2.16. The van der Waals surface area contributed by atoms with Crippen LogP contribution in [0.3, 0.4) is 0 Å². The molecule has 1 aromatic rings. The molecule has 0 saturated carbocycles. The largest absolute Gasteiger partial charge is 0.338 e. The third-order valence-electron chi connectivity index (χ3n) is 2.83. The number of nitrogens with zero attached hydrogens (tertiary/aromatic N) is 2. The lowest BCUT2D eigenvalue weighted by Crippen LogP contribution is -2.44. The van der Waals surface area contributed by atoms with Crippen LogP contribution in [0.25, 0.3) is 0 Å². The van der Waals surface area contributed by atoms with Crippen molar-refractivity contribution in [2.75, 3.05) is 6.54 Å². The molecule has 2 amide bonds. The maximum absolute atomic E-state index is 11.6. The number of hydrogen-bond acceptors (Lipinski definition) is 2. The van der Waals surface area contributed by atoms with Gasteiger partial charge in [-0.1, -0.05) is 19.8 Å². The molecular formula is C14H21BrN4O. The van der Waals surface area contributed by atoms with Crippen molar-refractivity contribution < 1.29 is 4.79 Å². The molecule has 0 bridgehead atoms. The Morgan fingerprint density at radius 1 is 1.55 bits per heavy atom. The van der Waals surface area contributed by atoms with Crippen LogP contribution in [0.4, 0.5) is 4.79 Å².